The zero-order chi connectivity index (χ0) is 16.2. The highest BCUT2D eigenvalue weighted by atomic mass is 16.2. The summed E-state index contributed by atoms with van der Waals surface area (Å²) in [6.45, 7) is 2.07. The fourth-order valence-corrected chi connectivity index (χ4v) is 2.97. The first-order chi connectivity index (χ1) is 11.2. The summed E-state index contributed by atoms with van der Waals surface area (Å²) < 4.78 is 1.72. The Hall–Kier alpha value is -2.43. The van der Waals surface area contributed by atoms with E-state index in [1.807, 2.05) is 36.2 Å². The molecule has 0 radical (unpaired) electrons. The molecule has 0 saturated heterocycles. The van der Waals surface area contributed by atoms with Crippen LogP contribution in [0.15, 0.2) is 49.1 Å². The lowest BCUT2D eigenvalue weighted by molar-refractivity contribution is -0.136. The quantitative estimate of drug-likeness (QED) is 0.815. The van der Waals surface area contributed by atoms with E-state index in [4.69, 9.17) is 0 Å². The van der Waals surface area contributed by atoms with Gasteiger partial charge >= 0.3 is 0 Å². The molecule has 0 saturated carbocycles. The molecule has 1 aromatic carbocycles. The number of nitrogens with zero attached hydrogens (tertiary/aromatic N) is 4. The number of hydrogen-bond acceptors (Lipinski definition) is 3. The molecule has 0 unspecified atom stereocenters. The van der Waals surface area contributed by atoms with Gasteiger partial charge in [-0.2, -0.15) is 5.10 Å². The maximum Gasteiger partial charge on any atom is 0.226 e. The summed E-state index contributed by atoms with van der Waals surface area (Å²) in [4.78, 5) is 18.5. The van der Waals surface area contributed by atoms with Crippen molar-refractivity contribution in [3.8, 4) is 5.69 Å². The lowest BCUT2D eigenvalue weighted by atomic mass is 9.92. The van der Waals surface area contributed by atoms with E-state index in [0.29, 0.717) is 0 Å². The van der Waals surface area contributed by atoms with Crippen molar-refractivity contribution in [2.75, 3.05) is 7.05 Å². The molecular weight excluding hydrogens is 288 g/mol. The number of aromatic nitrogens is 3. The molecule has 5 nitrogen and oxygen atoms in total. The molecule has 23 heavy (non-hydrogen) atoms. The molecule has 0 N–H and O–H groups in total. The van der Waals surface area contributed by atoms with Crippen molar-refractivity contribution in [1.29, 1.82) is 0 Å². The van der Waals surface area contributed by atoms with Crippen LogP contribution >= 0.6 is 0 Å². The highest BCUT2D eigenvalue weighted by Crippen LogP contribution is 2.26. The molecule has 0 bridgehead atoms. The number of rotatable bonds is 4. The summed E-state index contributed by atoms with van der Waals surface area (Å²) in [5.41, 5.74) is 2.08. The second kappa shape index (κ2) is 6.77. The van der Waals surface area contributed by atoms with Crippen molar-refractivity contribution < 1.29 is 4.79 Å². The Labute approximate surface area is 136 Å². The standard InChI is InChI=1S/C18H22N4O/c1-14(21(2)18(23)16-6-4-3-5-7-16)15-8-10-17(11-9-15)22-13-19-12-20-22/h3-4,8-14,16H,5-7H2,1-2H3/t14-,16+/m1/s1. The van der Waals surface area contributed by atoms with Gasteiger partial charge in [-0.25, -0.2) is 9.67 Å². The first-order valence-corrected chi connectivity index (χ1v) is 8.03. The normalized spacial score (nSPS) is 18.6. The Morgan fingerprint density at radius 3 is 2.70 bits per heavy atom. The highest BCUT2D eigenvalue weighted by Gasteiger charge is 2.25. The maximum absolute atomic E-state index is 12.6. The van der Waals surface area contributed by atoms with Crippen LogP contribution < -0.4 is 0 Å². The van der Waals surface area contributed by atoms with Crippen molar-refractivity contribution >= 4 is 5.91 Å². The SMILES string of the molecule is C[C@H](c1ccc(-n2cncn2)cc1)N(C)C(=O)[C@H]1CC=CCC1. The van der Waals surface area contributed by atoms with E-state index in [1.54, 1.807) is 11.0 Å². The van der Waals surface area contributed by atoms with Crippen molar-refractivity contribution in [2.45, 2.75) is 32.2 Å². The molecule has 120 valence electrons. The van der Waals surface area contributed by atoms with Gasteiger partial charge in [0.25, 0.3) is 0 Å². The molecule has 0 fully saturated rings. The number of carbonyl (C=O) groups is 1. The van der Waals surface area contributed by atoms with Crippen LogP contribution in [-0.2, 0) is 4.79 Å². The minimum absolute atomic E-state index is 0.0539. The van der Waals surface area contributed by atoms with E-state index in [-0.39, 0.29) is 17.9 Å². The lowest BCUT2D eigenvalue weighted by Gasteiger charge is -2.30. The van der Waals surface area contributed by atoms with Crippen LogP contribution in [0.25, 0.3) is 5.69 Å². The smallest absolute Gasteiger partial charge is 0.226 e. The van der Waals surface area contributed by atoms with Crippen LogP contribution in [0.3, 0.4) is 0 Å². The van der Waals surface area contributed by atoms with Gasteiger partial charge in [-0.15, -0.1) is 0 Å². The minimum Gasteiger partial charge on any atom is -0.339 e. The number of carbonyl (C=O) groups excluding carboxylic acids is 1. The molecule has 1 aliphatic carbocycles. The fraction of sp³-hybridized carbons (Fsp3) is 0.389. The van der Waals surface area contributed by atoms with Gasteiger partial charge in [-0.05, 0) is 43.9 Å². The summed E-state index contributed by atoms with van der Waals surface area (Å²) in [5.74, 6) is 0.365. The van der Waals surface area contributed by atoms with Gasteiger partial charge in [-0.3, -0.25) is 4.79 Å². The molecule has 1 aliphatic rings. The first kappa shape index (κ1) is 15.5. The van der Waals surface area contributed by atoms with Crippen LogP contribution in [-0.4, -0.2) is 32.6 Å². The Morgan fingerprint density at radius 1 is 1.30 bits per heavy atom. The van der Waals surface area contributed by atoms with E-state index >= 15 is 0 Å². The Balaban J connectivity index is 1.70. The Bertz CT molecular complexity index is 676. The van der Waals surface area contributed by atoms with Crippen molar-refractivity contribution in [1.82, 2.24) is 19.7 Å². The monoisotopic (exact) mass is 310 g/mol. The van der Waals surface area contributed by atoms with E-state index < -0.39 is 0 Å². The predicted molar refractivity (Wildman–Crippen MR) is 89.0 cm³/mol. The third-order valence-electron chi connectivity index (χ3n) is 4.61. The number of benzene rings is 1. The third-order valence-corrected chi connectivity index (χ3v) is 4.61. The molecule has 1 amide bonds. The number of hydrogen-bond donors (Lipinski definition) is 0. The van der Waals surface area contributed by atoms with Crippen LogP contribution in [0, 0.1) is 5.92 Å². The minimum atomic E-state index is 0.0539. The highest BCUT2D eigenvalue weighted by molar-refractivity contribution is 5.79. The molecule has 2 aromatic rings. The molecule has 1 aromatic heterocycles. The van der Waals surface area contributed by atoms with E-state index in [2.05, 4.69) is 29.2 Å². The summed E-state index contributed by atoms with van der Waals surface area (Å²) in [6.07, 6.45) is 10.3. The van der Waals surface area contributed by atoms with Crippen molar-refractivity contribution in [3.63, 3.8) is 0 Å². The van der Waals surface area contributed by atoms with Crippen LogP contribution in [0.4, 0.5) is 0 Å². The van der Waals surface area contributed by atoms with Gasteiger partial charge in [0.15, 0.2) is 0 Å². The van der Waals surface area contributed by atoms with Gasteiger partial charge in [0.1, 0.15) is 12.7 Å². The van der Waals surface area contributed by atoms with E-state index in [9.17, 15) is 4.79 Å². The number of amides is 1. The molecule has 0 aliphatic heterocycles. The molecule has 5 heteroatoms. The summed E-state index contributed by atoms with van der Waals surface area (Å²) in [7, 11) is 1.90. The van der Waals surface area contributed by atoms with Gasteiger partial charge in [0.2, 0.25) is 5.91 Å². The van der Waals surface area contributed by atoms with Crippen molar-refractivity contribution in [3.05, 3.63) is 54.6 Å². The predicted octanol–water partition coefficient (Wildman–Crippen LogP) is 3.14. The van der Waals surface area contributed by atoms with Crippen molar-refractivity contribution in [2.24, 2.45) is 5.92 Å². The van der Waals surface area contributed by atoms with Gasteiger partial charge in [-0.1, -0.05) is 24.3 Å². The zero-order valence-corrected chi connectivity index (χ0v) is 13.6. The molecule has 1 heterocycles. The van der Waals surface area contributed by atoms with Crippen LogP contribution in [0.2, 0.25) is 0 Å². The van der Waals surface area contributed by atoms with Gasteiger partial charge < -0.3 is 4.90 Å². The number of allylic oxidation sites excluding steroid dienone is 2. The van der Waals surface area contributed by atoms with Crippen LogP contribution in [0.1, 0.15) is 37.8 Å². The average Bonchev–Trinajstić information content (AvgIpc) is 3.15. The summed E-state index contributed by atoms with van der Waals surface area (Å²) in [5, 5.41) is 4.12. The van der Waals surface area contributed by atoms with Gasteiger partial charge in [0.05, 0.1) is 11.7 Å². The third kappa shape index (κ3) is 3.33. The van der Waals surface area contributed by atoms with Crippen LogP contribution in [0.5, 0.6) is 0 Å². The molecule has 2 atom stereocenters. The molecule has 3 rings (SSSR count). The molecular formula is C18H22N4O. The Kier molecular flexibility index (Phi) is 4.55. The molecule has 0 spiro atoms. The largest absolute Gasteiger partial charge is 0.339 e. The summed E-state index contributed by atoms with van der Waals surface area (Å²) >= 11 is 0. The van der Waals surface area contributed by atoms with E-state index in [1.165, 1.54) is 6.33 Å². The van der Waals surface area contributed by atoms with Gasteiger partial charge in [0, 0.05) is 13.0 Å². The Morgan fingerprint density at radius 2 is 2.09 bits per heavy atom. The zero-order valence-electron chi connectivity index (χ0n) is 13.6. The second-order valence-corrected chi connectivity index (χ2v) is 6.04. The van der Waals surface area contributed by atoms with E-state index in [0.717, 1.165) is 30.5 Å². The second-order valence-electron chi connectivity index (χ2n) is 6.04. The fourth-order valence-electron chi connectivity index (χ4n) is 2.97. The first-order valence-electron chi connectivity index (χ1n) is 8.03. The topological polar surface area (TPSA) is 51.0 Å². The average molecular weight is 310 g/mol. The lowest BCUT2D eigenvalue weighted by Crippen LogP contribution is -2.35. The summed E-state index contributed by atoms with van der Waals surface area (Å²) in [6, 6.07) is 8.15. The maximum atomic E-state index is 12.6.